The average Bonchev–Trinajstić information content (AvgIpc) is 2.75. The highest BCUT2D eigenvalue weighted by atomic mass is 32.2. The lowest BCUT2D eigenvalue weighted by Crippen LogP contribution is -2.29. The number of anilines is 2. The molecule has 0 fully saturated rings. The van der Waals surface area contributed by atoms with E-state index in [-0.39, 0.29) is 10.7 Å². The number of ether oxygens (including phenoxy) is 2. The molecular weight excluding hydrogens is 302 g/mol. The van der Waals surface area contributed by atoms with Crippen LogP contribution in [0.15, 0.2) is 4.90 Å². The maximum absolute atomic E-state index is 11.8. The summed E-state index contributed by atoms with van der Waals surface area (Å²) in [4.78, 5) is 2.03. The van der Waals surface area contributed by atoms with E-state index in [0.29, 0.717) is 31.3 Å². The van der Waals surface area contributed by atoms with E-state index in [9.17, 15) is 8.42 Å². The van der Waals surface area contributed by atoms with Crippen LogP contribution in [-0.4, -0.2) is 59.6 Å². The summed E-state index contributed by atoms with van der Waals surface area (Å²) in [6.07, 6.45) is 1.92. The first-order valence-electron chi connectivity index (χ1n) is 6.09. The van der Waals surface area contributed by atoms with Crippen molar-refractivity contribution in [1.29, 1.82) is 0 Å². The fourth-order valence-electron chi connectivity index (χ4n) is 1.75. The first-order valence-corrected chi connectivity index (χ1v) is 8.76. The predicted molar refractivity (Wildman–Crippen MR) is 80.2 cm³/mol. The van der Waals surface area contributed by atoms with Crippen LogP contribution in [0.1, 0.15) is 6.42 Å². The van der Waals surface area contributed by atoms with Crippen LogP contribution in [0.25, 0.3) is 0 Å². The number of hydrogen-bond donors (Lipinski definition) is 1. The molecule has 0 aromatic carbocycles. The minimum atomic E-state index is -3.41. The van der Waals surface area contributed by atoms with Crippen molar-refractivity contribution < 1.29 is 17.9 Å². The van der Waals surface area contributed by atoms with Crippen molar-refractivity contribution >= 4 is 32.2 Å². The van der Waals surface area contributed by atoms with Crippen molar-refractivity contribution in [3.63, 3.8) is 0 Å². The minimum absolute atomic E-state index is 0.0571. The summed E-state index contributed by atoms with van der Waals surface area (Å²) < 4.78 is 37.7. The zero-order valence-corrected chi connectivity index (χ0v) is 13.6. The molecule has 0 radical (unpaired) electrons. The zero-order chi connectivity index (χ0) is 15.2. The minimum Gasteiger partial charge on any atom is -0.385 e. The Kier molecular flexibility index (Phi) is 6.66. The Hall–Kier alpha value is -0.900. The van der Waals surface area contributed by atoms with Crippen LogP contribution in [0, 0.1) is 0 Å². The lowest BCUT2D eigenvalue weighted by molar-refractivity contribution is 0.191. The van der Waals surface area contributed by atoms with Gasteiger partial charge in [0.2, 0.25) is 0 Å². The van der Waals surface area contributed by atoms with Gasteiger partial charge in [-0.2, -0.15) is 4.37 Å². The van der Waals surface area contributed by atoms with Gasteiger partial charge in [-0.15, -0.1) is 0 Å². The molecule has 0 saturated heterocycles. The molecule has 0 atom stereocenters. The van der Waals surface area contributed by atoms with Crippen LogP contribution in [0.2, 0.25) is 0 Å². The van der Waals surface area contributed by atoms with Crippen molar-refractivity contribution in [2.45, 2.75) is 11.3 Å². The molecule has 0 amide bonds. The molecule has 9 heteroatoms. The molecule has 1 rings (SSSR count). The highest BCUT2D eigenvalue weighted by Crippen LogP contribution is 2.34. The Morgan fingerprint density at radius 2 is 1.90 bits per heavy atom. The van der Waals surface area contributed by atoms with Gasteiger partial charge in [-0.25, -0.2) is 8.42 Å². The fraction of sp³-hybridized carbons (Fsp3) is 0.727. The van der Waals surface area contributed by atoms with Crippen LogP contribution in [0.4, 0.5) is 10.8 Å². The summed E-state index contributed by atoms with van der Waals surface area (Å²) in [5, 5.41) is 0.568. The number of nitrogen functional groups attached to an aromatic ring is 1. The number of sulfone groups is 1. The molecule has 116 valence electrons. The number of methoxy groups -OCH3 is 2. The van der Waals surface area contributed by atoms with Crippen LogP contribution >= 0.6 is 11.5 Å². The molecule has 0 bridgehead atoms. The summed E-state index contributed by atoms with van der Waals surface area (Å²) in [7, 11) is -0.178. The van der Waals surface area contributed by atoms with E-state index in [0.717, 1.165) is 24.2 Å². The lowest BCUT2D eigenvalue weighted by atomic mass is 10.4. The predicted octanol–water partition coefficient (Wildman–Crippen LogP) is 0.618. The number of nitrogens with two attached hydrogens (primary N) is 1. The fourth-order valence-corrected chi connectivity index (χ4v) is 4.01. The van der Waals surface area contributed by atoms with Crippen molar-refractivity contribution in [2.24, 2.45) is 0 Å². The van der Waals surface area contributed by atoms with E-state index < -0.39 is 9.84 Å². The van der Waals surface area contributed by atoms with E-state index in [1.165, 1.54) is 0 Å². The molecule has 0 aliphatic rings. The molecular formula is C11H21N3O4S2. The highest BCUT2D eigenvalue weighted by Gasteiger charge is 2.25. The van der Waals surface area contributed by atoms with Crippen molar-refractivity contribution in [2.75, 3.05) is 57.4 Å². The van der Waals surface area contributed by atoms with Crippen LogP contribution in [-0.2, 0) is 19.3 Å². The average molecular weight is 323 g/mol. The van der Waals surface area contributed by atoms with Crippen LogP contribution in [0.3, 0.4) is 0 Å². The van der Waals surface area contributed by atoms with Gasteiger partial charge in [0.05, 0.1) is 6.61 Å². The standard InChI is InChI=1S/C11H21N3O4S2/c1-17-7-4-5-14(6-8-18-2)11-9(20(3,15)16)10(12)13-19-11/h4-8H2,1-3H3,(H2,12,13). The van der Waals surface area contributed by atoms with Gasteiger partial charge in [-0.05, 0) is 18.0 Å². The molecule has 1 aromatic heterocycles. The van der Waals surface area contributed by atoms with E-state index >= 15 is 0 Å². The Balaban J connectivity index is 3.01. The largest absolute Gasteiger partial charge is 0.385 e. The first kappa shape index (κ1) is 17.2. The second kappa shape index (κ2) is 7.77. The molecule has 7 nitrogen and oxygen atoms in total. The van der Waals surface area contributed by atoms with E-state index in [1.54, 1.807) is 14.2 Å². The van der Waals surface area contributed by atoms with Gasteiger partial charge >= 0.3 is 0 Å². The summed E-state index contributed by atoms with van der Waals surface area (Å²) in [5.41, 5.74) is 5.69. The smallest absolute Gasteiger partial charge is 0.182 e. The van der Waals surface area contributed by atoms with Gasteiger partial charge in [0, 0.05) is 40.2 Å². The van der Waals surface area contributed by atoms with Crippen LogP contribution < -0.4 is 10.6 Å². The number of aromatic nitrogens is 1. The molecule has 2 N–H and O–H groups in total. The molecule has 20 heavy (non-hydrogen) atoms. The van der Waals surface area contributed by atoms with Gasteiger partial charge in [0.25, 0.3) is 0 Å². The monoisotopic (exact) mass is 323 g/mol. The molecule has 0 aliphatic heterocycles. The molecule has 0 unspecified atom stereocenters. The normalized spacial score (nSPS) is 11.8. The lowest BCUT2D eigenvalue weighted by Gasteiger charge is -2.23. The topological polar surface area (TPSA) is 94.8 Å². The third kappa shape index (κ3) is 4.58. The van der Waals surface area contributed by atoms with Crippen molar-refractivity contribution in [3.05, 3.63) is 0 Å². The maximum Gasteiger partial charge on any atom is 0.182 e. The third-order valence-corrected chi connectivity index (χ3v) is 4.85. The molecule has 1 heterocycles. The van der Waals surface area contributed by atoms with Crippen molar-refractivity contribution in [3.8, 4) is 0 Å². The molecule has 0 spiro atoms. The van der Waals surface area contributed by atoms with Gasteiger partial charge in [0.15, 0.2) is 15.7 Å². The SMILES string of the molecule is COCCCN(CCOC)c1snc(N)c1S(C)(=O)=O. The molecule has 0 aliphatic carbocycles. The van der Waals surface area contributed by atoms with Gasteiger partial charge in [0.1, 0.15) is 9.90 Å². The summed E-state index contributed by atoms with van der Waals surface area (Å²) in [5.74, 6) is 0.0571. The van der Waals surface area contributed by atoms with Gasteiger partial charge in [-0.1, -0.05) is 0 Å². The Morgan fingerprint density at radius 3 is 2.45 bits per heavy atom. The second-order valence-electron chi connectivity index (χ2n) is 4.30. The van der Waals surface area contributed by atoms with Crippen LogP contribution in [0.5, 0.6) is 0 Å². The summed E-state index contributed by atoms with van der Waals surface area (Å²) in [6.45, 7) is 2.33. The van der Waals surface area contributed by atoms with E-state index in [1.807, 2.05) is 4.90 Å². The Bertz CT molecular complexity index is 516. The first-order chi connectivity index (χ1) is 9.41. The number of rotatable bonds is 9. The zero-order valence-electron chi connectivity index (χ0n) is 12.0. The van der Waals surface area contributed by atoms with E-state index in [2.05, 4.69) is 4.37 Å². The molecule has 0 saturated carbocycles. The Morgan fingerprint density at radius 1 is 1.25 bits per heavy atom. The van der Waals surface area contributed by atoms with Gasteiger partial charge < -0.3 is 20.1 Å². The Labute approximate surface area is 123 Å². The van der Waals surface area contributed by atoms with E-state index in [4.69, 9.17) is 15.2 Å². The second-order valence-corrected chi connectivity index (χ2v) is 7.00. The third-order valence-electron chi connectivity index (χ3n) is 2.66. The van der Waals surface area contributed by atoms with Crippen molar-refractivity contribution in [1.82, 2.24) is 4.37 Å². The summed E-state index contributed by atoms with van der Waals surface area (Å²) in [6, 6.07) is 0. The molecule has 1 aromatic rings. The van der Waals surface area contributed by atoms with Gasteiger partial charge in [-0.3, -0.25) is 0 Å². The maximum atomic E-state index is 11.8. The quantitative estimate of drug-likeness (QED) is 0.666. The summed E-state index contributed by atoms with van der Waals surface area (Å²) >= 11 is 1.10. The highest BCUT2D eigenvalue weighted by molar-refractivity contribution is 7.91. The number of hydrogen-bond acceptors (Lipinski definition) is 8. The number of nitrogens with zero attached hydrogens (tertiary/aromatic N) is 2.